The molecule has 0 bridgehead atoms. The number of esters is 1. The Morgan fingerprint density at radius 3 is 2.88 bits per heavy atom. The summed E-state index contributed by atoms with van der Waals surface area (Å²) in [5.41, 5.74) is 0.192. The van der Waals surface area contributed by atoms with E-state index >= 15 is 0 Å². The number of H-pyrrole nitrogens is 1. The molecular formula is C11H16N2O3S. The Labute approximate surface area is 104 Å². The minimum absolute atomic E-state index is 0.0235. The number of ether oxygens (including phenoxy) is 1. The Balaban J connectivity index is 2.79. The fourth-order valence-corrected chi connectivity index (χ4v) is 1.95. The number of aromatic nitrogens is 2. The lowest BCUT2D eigenvalue weighted by Crippen LogP contribution is -2.14. The van der Waals surface area contributed by atoms with Crippen LogP contribution in [0.1, 0.15) is 19.5 Å². The standard InChI is InChI=1S/C11H16N2O3S/c1-7(2)6-17-11-12-8(4-9(14)13-11)5-10(15)16-3/h4,7H,5-6H2,1-3H3,(H,12,13,14). The van der Waals surface area contributed by atoms with Gasteiger partial charge in [-0.15, -0.1) is 0 Å². The second-order valence-corrected chi connectivity index (χ2v) is 5.01. The minimum atomic E-state index is -0.400. The van der Waals surface area contributed by atoms with Gasteiger partial charge in [0.1, 0.15) is 0 Å². The monoisotopic (exact) mass is 256 g/mol. The molecule has 0 saturated heterocycles. The Hall–Kier alpha value is -1.30. The lowest BCUT2D eigenvalue weighted by molar-refractivity contribution is -0.139. The highest BCUT2D eigenvalue weighted by Crippen LogP contribution is 2.15. The van der Waals surface area contributed by atoms with Crippen molar-refractivity contribution in [3.63, 3.8) is 0 Å². The highest BCUT2D eigenvalue weighted by molar-refractivity contribution is 7.99. The molecule has 6 heteroatoms. The van der Waals surface area contributed by atoms with Crippen molar-refractivity contribution >= 4 is 17.7 Å². The van der Waals surface area contributed by atoms with Crippen LogP contribution in [0.3, 0.4) is 0 Å². The average Bonchev–Trinajstić information content (AvgIpc) is 2.25. The van der Waals surface area contributed by atoms with Gasteiger partial charge in [-0.2, -0.15) is 0 Å². The highest BCUT2D eigenvalue weighted by atomic mass is 32.2. The molecular weight excluding hydrogens is 240 g/mol. The maximum Gasteiger partial charge on any atom is 0.311 e. The predicted molar refractivity (Wildman–Crippen MR) is 66.1 cm³/mol. The van der Waals surface area contributed by atoms with Crippen molar-refractivity contribution < 1.29 is 9.53 Å². The molecule has 17 heavy (non-hydrogen) atoms. The minimum Gasteiger partial charge on any atom is -0.469 e. The van der Waals surface area contributed by atoms with Crippen LogP contribution in [0.5, 0.6) is 0 Å². The molecule has 1 N–H and O–H groups in total. The first kappa shape index (κ1) is 13.8. The molecule has 0 amide bonds. The molecule has 0 aliphatic rings. The molecule has 5 nitrogen and oxygen atoms in total. The number of methoxy groups -OCH3 is 1. The summed E-state index contributed by atoms with van der Waals surface area (Å²) in [4.78, 5) is 29.3. The first-order chi connectivity index (χ1) is 8.01. The Morgan fingerprint density at radius 1 is 1.59 bits per heavy atom. The van der Waals surface area contributed by atoms with Crippen LogP contribution >= 0.6 is 11.8 Å². The molecule has 94 valence electrons. The van der Waals surface area contributed by atoms with Gasteiger partial charge in [-0.1, -0.05) is 25.6 Å². The maximum atomic E-state index is 11.4. The number of carbonyl (C=O) groups excluding carboxylic acids is 1. The van der Waals surface area contributed by atoms with Gasteiger partial charge < -0.3 is 9.72 Å². The van der Waals surface area contributed by atoms with Gasteiger partial charge in [-0.05, 0) is 5.92 Å². The number of hydrogen-bond acceptors (Lipinski definition) is 5. The normalized spacial score (nSPS) is 10.6. The summed E-state index contributed by atoms with van der Waals surface area (Å²) in [6.45, 7) is 4.17. The average molecular weight is 256 g/mol. The lowest BCUT2D eigenvalue weighted by Gasteiger charge is -2.05. The van der Waals surface area contributed by atoms with E-state index in [0.717, 1.165) is 5.75 Å². The van der Waals surface area contributed by atoms with Gasteiger partial charge >= 0.3 is 5.97 Å². The van der Waals surface area contributed by atoms with Crippen molar-refractivity contribution in [1.29, 1.82) is 0 Å². The molecule has 0 aromatic carbocycles. The quantitative estimate of drug-likeness (QED) is 0.487. The van der Waals surface area contributed by atoms with Crippen molar-refractivity contribution in [3.05, 3.63) is 22.1 Å². The number of thioether (sulfide) groups is 1. The van der Waals surface area contributed by atoms with E-state index in [1.165, 1.54) is 24.9 Å². The number of carbonyl (C=O) groups is 1. The van der Waals surface area contributed by atoms with Crippen molar-refractivity contribution in [2.24, 2.45) is 5.92 Å². The zero-order chi connectivity index (χ0) is 12.8. The fourth-order valence-electron chi connectivity index (χ4n) is 1.11. The summed E-state index contributed by atoms with van der Waals surface area (Å²) in [6.07, 6.45) is 0.0235. The van der Waals surface area contributed by atoms with Crippen LogP contribution in [-0.2, 0) is 16.0 Å². The number of hydrogen-bond donors (Lipinski definition) is 1. The van der Waals surface area contributed by atoms with Crippen LogP contribution in [0.4, 0.5) is 0 Å². The summed E-state index contributed by atoms with van der Waals surface area (Å²) in [6, 6.07) is 1.32. The van der Waals surface area contributed by atoms with Crippen LogP contribution in [0, 0.1) is 5.92 Å². The molecule has 0 unspecified atom stereocenters. The SMILES string of the molecule is COC(=O)Cc1cc(=O)[nH]c(SCC(C)C)n1. The van der Waals surface area contributed by atoms with E-state index in [-0.39, 0.29) is 12.0 Å². The third-order valence-corrected chi connectivity index (χ3v) is 3.18. The Kier molecular flexibility index (Phi) is 5.21. The molecule has 1 rings (SSSR count). The third kappa shape index (κ3) is 5.04. The lowest BCUT2D eigenvalue weighted by atomic mass is 10.3. The maximum absolute atomic E-state index is 11.4. The predicted octanol–water partition coefficient (Wildman–Crippen LogP) is 1.23. The van der Waals surface area contributed by atoms with Gasteiger partial charge in [-0.3, -0.25) is 9.59 Å². The van der Waals surface area contributed by atoms with Crippen LogP contribution in [0.25, 0.3) is 0 Å². The highest BCUT2D eigenvalue weighted by Gasteiger charge is 2.08. The molecule has 0 atom stereocenters. The van der Waals surface area contributed by atoms with Crippen molar-refractivity contribution in [2.45, 2.75) is 25.4 Å². The summed E-state index contributed by atoms with van der Waals surface area (Å²) < 4.78 is 4.53. The molecule has 0 aliphatic carbocycles. The Morgan fingerprint density at radius 2 is 2.29 bits per heavy atom. The first-order valence-electron chi connectivity index (χ1n) is 5.31. The number of aromatic amines is 1. The van der Waals surface area contributed by atoms with E-state index in [0.29, 0.717) is 16.8 Å². The topological polar surface area (TPSA) is 72.1 Å². The largest absolute Gasteiger partial charge is 0.469 e. The molecule has 1 aromatic rings. The summed E-state index contributed by atoms with van der Waals surface area (Å²) in [5.74, 6) is 0.974. The second-order valence-electron chi connectivity index (χ2n) is 4.00. The molecule has 1 aromatic heterocycles. The van der Waals surface area contributed by atoms with Crippen molar-refractivity contribution in [2.75, 3.05) is 12.9 Å². The smallest absolute Gasteiger partial charge is 0.311 e. The zero-order valence-corrected chi connectivity index (χ0v) is 11.0. The first-order valence-corrected chi connectivity index (χ1v) is 6.29. The van der Waals surface area contributed by atoms with E-state index in [4.69, 9.17) is 0 Å². The van der Waals surface area contributed by atoms with Crippen molar-refractivity contribution in [3.8, 4) is 0 Å². The van der Waals surface area contributed by atoms with Gasteiger partial charge in [0.05, 0.1) is 19.2 Å². The number of rotatable bonds is 5. The zero-order valence-electron chi connectivity index (χ0n) is 10.1. The van der Waals surface area contributed by atoms with Crippen LogP contribution < -0.4 is 5.56 Å². The van der Waals surface area contributed by atoms with Gasteiger partial charge in [-0.25, -0.2) is 4.98 Å². The molecule has 0 aliphatic heterocycles. The second kappa shape index (κ2) is 6.44. The van der Waals surface area contributed by atoms with Gasteiger partial charge in [0.25, 0.3) is 5.56 Å². The molecule has 0 radical (unpaired) electrons. The van der Waals surface area contributed by atoms with Crippen molar-refractivity contribution in [1.82, 2.24) is 9.97 Å². The van der Waals surface area contributed by atoms with Crippen LogP contribution in [0.2, 0.25) is 0 Å². The number of nitrogens with one attached hydrogen (secondary N) is 1. The van der Waals surface area contributed by atoms with E-state index in [2.05, 4.69) is 28.6 Å². The van der Waals surface area contributed by atoms with Gasteiger partial charge in [0, 0.05) is 11.8 Å². The number of nitrogens with zero attached hydrogens (tertiary/aromatic N) is 1. The summed E-state index contributed by atoms with van der Waals surface area (Å²) in [7, 11) is 1.31. The fraction of sp³-hybridized carbons (Fsp3) is 0.545. The van der Waals surface area contributed by atoms with Crippen LogP contribution in [-0.4, -0.2) is 28.8 Å². The van der Waals surface area contributed by atoms with Crippen LogP contribution in [0.15, 0.2) is 16.0 Å². The van der Waals surface area contributed by atoms with Gasteiger partial charge in [0.2, 0.25) is 0 Å². The molecule has 0 fully saturated rings. The molecule has 0 spiro atoms. The summed E-state index contributed by atoms with van der Waals surface area (Å²) >= 11 is 1.47. The third-order valence-electron chi connectivity index (χ3n) is 1.88. The molecule has 0 saturated carbocycles. The van der Waals surface area contributed by atoms with Gasteiger partial charge in [0.15, 0.2) is 5.16 Å². The molecule has 1 heterocycles. The van der Waals surface area contributed by atoms with E-state index < -0.39 is 5.97 Å². The van der Waals surface area contributed by atoms with E-state index in [1.807, 2.05) is 0 Å². The van der Waals surface area contributed by atoms with E-state index in [1.54, 1.807) is 0 Å². The summed E-state index contributed by atoms with van der Waals surface area (Å²) in [5, 5.41) is 0.546. The Bertz CT molecular complexity index is 443. The van der Waals surface area contributed by atoms with E-state index in [9.17, 15) is 9.59 Å².